The number of aryl methyl sites for hydroxylation is 1. The van der Waals surface area contributed by atoms with Crippen molar-refractivity contribution in [2.24, 2.45) is 0 Å². The summed E-state index contributed by atoms with van der Waals surface area (Å²) in [5, 5.41) is 3.25. The van der Waals surface area contributed by atoms with Gasteiger partial charge in [0.25, 0.3) is 11.7 Å². The average Bonchev–Trinajstić information content (AvgIpc) is 2.64. The Balaban J connectivity index is 2.12. The normalized spacial score (nSPS) is 13.8. The highest BCUT2D eigenvalue weighted by Crippen LogP contribution is 2.30. The molecule has 106 valence electrons. The molecule has 0 unspecified atom stereocenters. The molecule has 0 atom stereocenters. The molecule has 4 nitrogen and oxygen atoms in total. The van der Waals surface area contributed by atoms with Gasteiger partial charge in [-0.15, -0.1) is 0 Å². The number of carbonyl (C=O) groups excluding carboxylic acids is 2. The summed E-state index contributed by atoms with van der Waals surface area (Å²) in [5.74, 6) is -0.875. The van der Waals surface area contributed by atoms with Gasteiger partial charge in [0.1, 0.15) is 0 Å². The van der Waals surface area contributed by atoms with Crippen LogP contribution in [0.2, 0.25) is 0 Å². The molecule has 1 aliphatic rings. The second-order valence-corrected chi connectivity index (χ2v) is 5.17. The Labute approximate surface area is 119 Å². The van der Waals surface area contributed by atoms with Crippen molar-refractivity contribution in [3.8, 4) is 0 Å². The standard InChI is InChI=1S/C16H20N2O2/c1-4-7-17-9-12(3)10-18-14-6-5-11(2)8-13(14)15(19)16(18)20/h5-6,8,17H,3-4,7,9-10H2,1-2H3. The highest BCUT2D eigenvalue weighted by Gasteiger charge is 2.35. The lowest BCUT2D eigenvalue weighted by atomic mass is 10.1. The molecular formula is C16H20N2O2. The molecule has 20 heavy (non-hydrogen) atoms. The van der Waals surface area contributed by atoms with Gasteiger partial charge in [-0.05, 0) is 37.6 Å². The maximum absolute atomic E-state index is 12.1. The predicted octanol–water partition coefficient (Wildman–Crippen LogP) is 2.08. The molecule has 0 bridgehead atoms. The second kappa shape index (κ2) is 6.01. The highest BCUT2D eigenvalue weighted by molar-refractivity contribution is 6.52. The van der Waals surface area contributed by atoms with E-state index >= 15 is 0 Å². The van der Waals surface area contributed by atoms with Gasteiger partial charge >= 0.3 is 0 Å². The summed E-state index contributed by atoms with van der Waals surface area (Å²) in [6.07, 6.45) is 1.05. The number of anilines is 1. The van der Waals surface area contributed by atoms with Crippen LogP contribution in [0.1, 0.15) is 29.3 Å². The Kier molecular flexibility index (Phi) is 4.35. The van der Waals surface area contributed by atoms with Crippen LogP contribution >= 0.6 is 0 Å². The molecule has 0 aromatic heterocycles. The van der Waals surface area contributed by atoms with Crippen molar-refractivity contribution in [1.82, 2.24) is 5.32 Å². The van der Waals surface area contributed by atoms with Gasteiger partial charge < -0.3 is 10.2 Å². The van der Waals surface area contributed by atoms with Crippen LogP contribution < -0.4 is 10.2 Å². The van der Waals surface area contributed by atoms with Gasteiger partial charge in [-0.3, -0.25) is 9.59 Å². The van der Waals surface area contributed by atoms with Crippen molar-refractivity contribution in [2.45, 2.75) is 20.3 Å². The smallest absolute Gasteiger partial charge is 0.299 e. The van der Waals surface area contributed by atoms with Crippen molar-refractivity contribution in [1.29, 1.82) is 0 Å². The summed E-state index contributed by atoms with van der Waals surface area (Å²) >= 11 is 0. The van der Waals surface area contributed by atoms with Gasteiger partial charge in [-0.1, -0.05) is 25.1 Å². The van der Waals surface area contributed by atoms with E-state index in [-0.39, 0.29) is 0 Å². The molecule has 1 heterocycles. The van der Waals surface area contributed by atoms with Crippen LogP contribution in [0.3, 0.4) is 0 Å². The van der Waals surface area contributed by atoms with Gasteiger partial charge in [0.15, 0.2) is 0 Å². The molecule has 1 aliphatic heterocycles. The van der Waals surface area contributed by atoms with Crippen LogP contribution in [-0.4, -0.2) is 31.3 Å². The van der Waals surface area contributed by atoms with Crippen LogP contribution in [0, 0.1) is 6.92 Å². The second-order valence-electron chi connectivity index (χ2n) is 5.17. The van der Waals surface area contributed by atoms with Crippen LogP contribution in [-0.2, 0) is 4.79 Å². The topological polar surface area (TPSA) is 49.4 Å². The summed E-state index contributed by atoms with van der Waals surface area (Å²) in [4.78, 5) is 25.5. The van der Waals surface area contributed by atoms with E-state index < -0.39 is 11.7 Å². The summed E-state index contributed by atoms with van der Waals surface area (Å²) in [7, 11) is 0. The van der Waals surface area contributed by atoms with Gasteiger partial charge in [0.2, 0.25) is 0 Å². The Morgan fingerprint density at radius 2 is 2.10 bits per heavy atom. The monoisotopic (exact) mass is 272 g/mol. The molecule has 1 aromatic carbocycles. The van der Waals surface area contributed by atoms with Crippen LogP contribution in [0.25, 0.3) is 0 Å². The lowest BCUT2D eigenvalue weighted by Crippen LogP contribution is -2.33. The first-order chi connectivity index (χ1) is 9.54. The van der Waals surface area contributed by atoms with E-state index in [4.69, 9.17) is 0 Å². The highest BCUT2D eigenvalue weighted by atomic mass is 16.2. The quantitative estimate of drug-likeness (QED) is 0.490. The van der Waals surface area contributed by atoms with Crippen LogP contribution in [0.5, 0.6) is 0 Å². The van der Waals surface area contributed by atoms with E-state index in [2.05, 4.69) is 18.8 Å². The van der Waals surface area contributed by atoms with E-state index in [0.717, 1.165) is 24.1 Å². The molecule has 0 saturated heterocycles. The molecule has 0 spiro atoms. The first-order valence-corrected chi connectivity index (χ1v) is 6.88. The number of benzene rings is 1. The number of Topliss-reactive ketones (excluding diaryl/α,β-unsaturated/α-hetero) is 1. The molecule has 1 N–H and O–H groups in total. The zero-order chi connectivity index (χ0) is 14.7. The van der Waals surface area contributed by atoms with Crippen LogP contribution in [0.4, 0.5) is 5.69 Å². The SMILES string of the molecule is C=C(CNCCC)CN1C(=O)C(=O)c2cc(C)ccc21. The average molecular weight is 272 g/mol. The van der Waals surface area contributed by atoms with E-state index in [1.54, 1.807) is 6.07 Å². The van der Waals surface area contributed by atoms with Gasteiger partial charge in [-0.25, -0.2) is 0 Å². The van der Waals surface area contributed by atoms with Crippen molar-refractivity contribution in [2.75, 3.05) is 24.5 Å². The molecule has 0 fully saturated rings. The zero-order valence-corrected chi connectivity index (χ0v) is 12.0. The van der Waals surface area contributed by atoms with Crippen molar-refractivity contribution < 1.29 is 9.59 Å². The molecule has 0 aliphatic carbocycles. The number of fused-ring (bicyclic) bond motifs is 1. The van der Waals surface area contributed by atoms with E-state index in [1.165, 1.54) is 4.90 Å². The Hall–Kier alpha value is -1.94. The zero-order valence-electron chi connectivity index (χ0n) is 12.0. The van der Waals surface area contributed by atoms with E-state index in [1.807, 2.05) is 19.1 Å². The number of nitrogens with one attached hydrogen (secondary N) is 1. The summed E-state index contributed by atoms with van der Waals surface area (Å²) < 4.78 is 0. The first kappa shape index (κ1) is 14.5. The van der Waals surface area contributed by atoms with Gasteiger partial charge in [0, 0.05) is 13.1 Å². The summed E-state index contributed by atoms with van der Waals surface area (Å²) in [6.45, 7) is 9.94. The summed E-state index contributed by atoms with van der Waals surface area (Å²) in [6, 6.07) is 5.52. The largest absolute Gasteiger partial charge is 0.313 e. The maximum atomic E-state index is 12.1. The van der Waals surface area contributed by atoms with Crippen LogP contribution in [0.15, 0.2) is 30.4 Å². The minimum atomic E-state index is -0.456. The van der Waals surface area contributed by atoms with E-state index in [0.29, 0.717) is 24.3 Å². The third-order valence-corrected chi connectivity index (χ3v) is 3.31. The lowest BCUT2D eigenvalue weighted by Gasteiger charge is -2.18. The molecule has 2 rings (SSSR count). The Morgan fingerprint density at radius 1 is 1.35 bits per heavy atom. The minimum Gasteiger partial charge on any atom is -0.313 e. The number of rotatable bonds is 6. The Morgan fingerprint density at radius 3 is 2.80 bits per heavy atom. The fraction of sp³-hybridized carbons (Fsp3) is 0.375. The van der Waals surface area contributed by atoms with Crippen molar-refractivity contribution in [3.05, 3.63) is 41.5 Å². The minimum absolute atomic E-state index is 0.386. The number of hydrogen-bond acceptors (Lipinski definition) is 3. The molecule has 0 radical (unpaired) electrons. The van der Waals surface area contributed by atoms with Gasteiger partial charge in [0.05, 0.1) is 11.3 Å². The lowest BCUT2D eigenvalue weighted by molar-refractivity contribution is -0.114. The van der Waals surface area contributed by atoms with Crippen molar-refractivity contribution in [3.63, 3.8) is 0 Å². The number of carbonyl (C=O) groups is 2. The maximum Gasteiger partial charge on any atom is 0.299 e. The predicted molar refractivity (Wildman–Crippen MR) is 80.2 cm³/mol. The third-order valence-electron chi connectivity index (χ3n) is 3.31. The molecule has 0 saturated carbocycles. The molecule has 4 heteroatoms. The molecular weight excluding hydrogens is 252 g/mol. The number of amides is 1. The number of ketones is 1. The fourth-order valence-electron chi connectivity index (χ4n) is 2.29. The number of hydrogen-bond donors (Lipinski definition) is 1. The fourth-order valence-corrected chi connectivity index (χ4v) is 2.29. The molecule has 1 aromatic rings. The van der Waals surface area contributed by atoms with Gasteiger partial charge in [-0.2, -0.15) is 0 Å². The third kappa shape index (κ3) is 2.80. The van der Waals surface area contributed by atoms with Crippen molar-refractivity contribution >= 4 is 17.4 Å². The Bertz CT molecular complexity index is 564. The summed E-state index contributed by atoms with van der Waals surface area (Å²) in [5.41, 5.74) is 3.08. The molecule has 1 amide bonds. The first-order valence-electron chi connectivity index (χ1n) is 6.88. The van der Waals surface area contributed by atoms with E-state index in [9.17, 15) is 9.59 Å². The number of nitrogens with zero attached hydrogens (tertiary/aromatic N) is 1.